The molecule has 0 saturated carbocycles. The highest BCUT2D eigenvalue weighted by Gasteiger charge is 2.53. The van der Waals surface area contributed by atoms with Gasteiger partial charge in [0.25, 0.3) is 6.10 Å². The van der Waals surface area contributed by atoms with Crippen molar-refractivity contribution in [2.24, 2.45) is 0 Å². The molecule has 1 saturated heterocycles. The third kappa shape index (κ3) is 0.880. The Bertz CT molecular complexity index is 205. The molecule has 1 unspecified atom stereocenters. The zero-order chi connectivity index (χ0) is 7.78. The first-order valence-electron chi connectivity index (χ1n) is 2.30. The number of rotatable bonds is 0. The van der Waals surface area contributed by atoms with Crippen LogP contribution in [0.3, 0.4) is 0 Å². The third-order valence-corrected chi connectivity index (χ3v) is 0.890. The van der Waals surface area contributed by atoms with Gasteiger partial charge >= 0.3 is 12.3 Å². The van der Waals surface area contributed by atoms with E-state index < -0.39 is 18.4 Å². The van der Waals surface area contributed by atoms with Crippen LogP contribution in [0.25, 0.3) is 0 Å². The van der Waals surface area contributed by atoms with Gasteiger partial charge in [0.05, 0.1) is 0 Å². The summed E-state index contributed by atoms with van der Waals surface area (Å²) in [6, 6.07) is 0. The molecule has 1 aliphatic heterocycles. The van der Waals surface area contributed by atoms with E-state index in [1.165, 1.54) is 0 Å². The quantitative estimate of drug-likeness (QED) is 0.375. The topological polar surface area (TPSA) is 35.5 Å². The Morgan fingerprint density at radius 1 is 1.70 bits per heavy atom. The molecule has 0 aromatic heterocycles. The molecule has 0 amide bonds. The van der Waals surface area contributed by atoms with Gasteiger partial charge in [0, 0.05) is 0 Å². The van der Waals surface area contributed by atoms with E-state index >= 15 is 0 Å². The average Bonchev–Trinajstić information content (AvgIpc) is 2.04. The molecule has 1 fully saturated rings. The van der Waals surface area contributed by atoms with E-state index in [4.69, 9.17) is 0 Å². The summed E-state index contributed by atoms with van der Waals surface area (Å²) in [5, 5.41) is 0. The number of carbonyl (C=O) groups is 1. The summed E-state index contributed by atoms with van der Waals surface area (Å²) in [5.74, 6) is 1.57. The molecule has 3 nitrogen and oxygen atoms in total. The standard InChI is InChI=1S/C5H2F2O3/c1-2-3-5(6,7)10-4(8)9-3/h1,3H. The van der Waals surface area contributed by atoms with E-state index in [2.05, 4.69) is 15.9 Å². The summed E-state index contributed by atoms with van der Waals surface area (Å²) < 4.78 is 31.6. The van der Waals surface area contributed by atoms with Gasteiger partial charge in [0.1, 0.15) is 0 Å². The summed E-state index contributed by atoms with van der Waals surface area (Å²) in [6.45, 7) is 0. The van der Waals surface area contributed by atoms with E-state index in [1.807, 2.05) is 0 Å². The Hall–Kier alpha value is -1.31. The summed E-state index contributed by atoms with van der Waals surface area (Å²) >= 11 is 0. The summed E-state index contributed by atoms with van der Waals surface area (Å²) in [7, 11) is 0. The maximum atomic E-state index is 12.1. The molecule has 0 N–H and O–H groups in total. The van der Waals surface area contributed by atoms with Gasteiger partial charge in [0.2, 0.25) is 0 Å². The maximum absolute atomic E-state index is 12.1. The van der Waals surface area contributed by atoms with Gasteiger partial charge in [-0.25, -0.2) is 4.79 Å². The molecular weight excluding hydrogens is 146 g/mol. The minimum absolute atomic E-state index is 1.44. The molecule has 10 heavy (non-hydrogen) atoms. The molecule has 54 valence electrons. The van der Waals surface area contributed by atoms with Crippen molar-refractivity contribution in [2.45, 2.75) is 12.2 Å². The minimum atomic E-state index is -3.67. The second-order valence-corrected chi connectivity index (χ2v) is 1.58. The lowest BCUT2D eigenvalue weighted by atomic mass is 10.4. The lowest BCUT2D eigenvalue weighted by Crippen LogP contribution is -2.27. The first-order valence-corrected chi connectivity index (χ1v) is 2.30. The number of terminal acetylenes is 1. The van der Waals surface area contributed by atoms with Crippen LogP contribution in [0.5, 0.6) is 0 Å². The lowest BCUT2D eigenvalue weighted by Gasteiger charge is -2.05. The van der Waals surface area contributed by atoms with Gasteiger partial charge in [-0.05, 0) is 0 Å². The molecule has 5 heteroatoms. The van der Waals surface area contributed by atoms with Crippen molar-refractivity contribution in [3.8, 4) is 12.3 Å². The van der Waals surface area contributed by atoms with Crippen molar-refractivity contribution in [3.05, 3.63) is 0 Å². The summed E-state index contributed by atoms with van der Waals surface area (Å²) in [4.78, 5) is 10.0. The number of carbonyl (C=O) groups excluding carboxylic acids is 1. The number of cyclic esters (lactones) is 2. The van der Waals surface area contributed by atoms with E-state index in [0.717, 1.165) is 0 Å². The van der Waals surface area contributed by atoms with Crippen molar-refractivity contribution in [3.63, 3.8) is 0 Å². The van der Waals surface area contributed by atoms with Crippen molar-refractivity contribution in [1.29, 1.82) is 0 Å². The summed E-state index contributed by atoms with van der Waals surface area (Å²) in [5.41, 5.74) is 0. The van der Waals surface area contributed by atoms with Crippen molar-refractivity contribution in [1.82, 2.24) is 0 Å². The fraction of sp³-hybridized carbons (Fsp3) is 0.400. The SMILES string of the molecule is C#CC1OC(=O)OC1(F)F. The highest BCUT2D eigenvalue weighted by Crippen LogP contribution is 2.29. The molecule has 1 heterocycles. The highest BCUT2D eigenvalue weighted by molar-refractivity contribution is 5.63. The Morgan fingerprint density at radius 2 is 2.30 bits per heavy atom. The molecule has 0 spiro atoms. The van der Waals surface area contributed by atoms with Crippen LogP contribution < -0.4 is 0 Å². The van der Waals surface area contributed by atoms with Gasteiger partial charge in [-0.3, -0.25) is 0 Å². The van der Waals surface area contributed by atoms with Crippen LogP contribution in [-0.4, -0.2) is 18.4 Å². The van der Waals surface area contributed by atoms with E-state index in [9.17, 15) is 13.6 Å². The molecule has 1 atom stereocenters. The molecule has 1 rings (SSSR count). The van der Waals surface area contributed by atoms with E-state index in [-0.39, 0.29) is 0 Å². The number of ether oxygens (including phenoxy) is 2. The second kappa shape index (κ2) is 1.84. The van der Waals surface area contributed by atoms with Crippen LogP contribution in [0.15, 0.2) is 0 Å². The predicted octanol–water partition coefficient (Wildman–Crippen LogP) is 0.748. The number of halogens is 2. The molecule has 0 bridgehead atoms. The summed E-state index contributed by atoms with van der Waals surface area (Å²) in [6.07, 6.45) is -2.42. The Kier molecular flexibility index (Phi) is 1.25. The molecule has 0 aromatic rings. The van der Waals surface area contributed by atoms with Crippen molar-refractivity contribution >= 4 is 6.16 Å². The molecule has 0 radical (unpaired) electrons. The molecule has 0 aliphatic carbocycles. The van der Waals surface area contributed by atoms with Crippen LogP contribution in [0.1, 0.15) is 0 Å². The average molecular weight is 148 g/mol. The maximum Gasteiger partial charge on any atom is 0.514 e. The van der Waals surface area contributed by atoms with E-state index in [0.29, 0.717) is 0 Å². The van der Waals surface area contributed by atoms with Crippen LogP contribution in [0, 0.1) is 12.3 Å². The zero-order valence-corrected chi connectivity index (χ0v) is 4.64. The van der Waals surface area contributed by atoms with Crippen LogP contribution >= 0.6 is 0 Å². The number of hydrogen-bond donors (Lipinski definition) is 0. The van der Waals surface area contributed by atoms with Crippen molar-refractivity contribution in [2.75, 3.05) is 0 Å². The number of hydrogen-bond acceptors (Lipinski definition) is 3. The monoisotopic (exact) mass is 148 g/mol. The van der Waals surface area contributed by atoms with Gasteiger partial charge in [-0.15, -0.1) is 6.42 Å². The fourth-order valence-corrected chi connectivity index (χ4v) is 0.485. The Balaban J connectivity index is 2.79. The van der Waals surface area contributed by atoms with Gasteiger partial charge in [-0.1, -0.05) is 5.92 Å². The van der Waals surface area contributed by atoms with Crippen molar-refractivity contribution < 1.29 is 23.0 Å². The van der Waals surface area contributed by atoms with Gasteiger partial charge in [0.15, 0.2) is 0 Å². The van der Waals surface area contributed by atoms with E-state index in [1.54, 1.807) is 5.92 Å². The largest absolute Gasteiger partial charge is 0.514 e. The Labute approximate surface area is 54.9 Å². The van der Waals surface area contributed by atoms with Crippen LogP contribution in [0.4, 0.5) is 13.6 Å². The highest BCUT2D eigenvalue weighted by atomic mass is 19.3. The fourth-order valence-electron chi connectivity index (χ4n) is 0.485. The lowest BCUT2D eigenvalue weighted by molar-refractivity contribution is -0.185. The molecule has 0 aromatic carbocycles. The molecular formula is C5H2F2O3. The first-order chi connectivity index (χ1) is 4.56. The predicted molar refractivity (Wildman–Crippen MR) is 25.1 cm³/mol. The smallest absolute Gasteiger partial charge is 0.407 e. The van der Waals surface area contributed by atoms with Gasteiger partial charge < -0.3 is 9.47 Å². The normalized spacial score (nSPS) is 28.5. The molecule has 1 aliphatic rings. The first kappa shape index (κ1) is 6.81. The minimum Gasteiger partial charge on any atom is -0.407 e. The van der Waals surface area contributed by atoms with Crippen LogP contribution in [-0.2, 0) is 9.47 Å². The Morgan fingerprint density at radius 3 is 2.50 bits per heavy atom. The second-order valence-electron chi connectivity index (χ2n) is 1.58. The number of alkyl halides is 2. The zero-order valence-electron chi connectivity index (χ0n) is 4.64. The van der Waals surface area contributed by atoms with Crippen LogP contribution in [0.2, 0.25) is 0 Å². The third-order valence-electron chi connectivity index (χ3n) is 0.890. The van der Waals surface area contributed by atoms with Gasteiger partial charge in [-0.2, -0.15) is 8.78 Å².